The third-order valence-electron chi connectivity index (χ3n) is 2.79. The molecular weight excluding hydrogens is 273 g/mol. The number of nitrogens with zero attached hydrogens (tertiary/aromatic N) is 1. The van der Waals surface area contributed by atoms with Crippen LogP contribution in [-0.4, -0.2) is 28.0 Å². The van der Waals surface area contributed by atoms with Gasteiger partial charge in [-0.25, -0.2) is 0 Å². The largest absolute Gasteiger partial charge is 0.297 e. The summed E-state index contributed by atoms with van der Waals surface area (Å²) in [6, 6.07) is 1.54. The maximum absolute atomic E-state index is 2.65. The van der Waals surface area contributed by atoms with Crippen molar-refractivity contribution in [3.8, 4) is 0 Å². The molecule has 0 aliphatic heterocycles. The Morgan fingerprint density at radius 2 is 1.85 bits per heavy atom. The van der Waals surface area contributed by atoms with Gasteiger partial charge in [0.25, 0.3) is 0 Å². The van der Waals surface area contributed by atoms with Crippen LogP contribution in [0.3, 0.4) is 0 Å². The highest BCUT2D eigenvalue weighted by atomic mass is 127. The highest BCUT2D eigenvalue weighted by molar-refractivity contribution is 14.1. The number of alkyl halides is 1. The molecule has 2 heteroatoms. The topological polar surface area (TPSA) is 3.24 Å². The van der Waals surface area contributed by atoms with Gasteiger partial charge in [0.1, 0.15) is 0 Å². The van der Waals surface area contributed by atoms with Gasteiger partial charge < -0.3 is 0 Å². The lowest BCUT2D eigenvalue weighted by Crippen LogP contribution is -2.42. The van der Waals surface area contributed by atoms with Crippen LogP contribution >= 0.6 is 22.6 Å². The van der Waals surface area contributed by atoms with Crippen LogP contribution in [0.4, 0.5) is 0 Å². The Morgan fingerprint density at radius 1 is 1.23 bits per heavy atom. The van der Waals surface area contributed by atoms with E-state index in [-0.39, 0.29) is 0 Å². The van der Waals surface area contributed by atoms with Crippen LogP contribution < -0.4 is 0 Å². The molecule has 0 spiro atoms. The minimum atomic E-state index is 0.747. The summed E-state index contributed by atoms with van der Waals surface area (Å²) in [5.41, 5.74) is 0. The molecule has 2 atom stereocenters. The Bertz CT molecular complexity index is 117. The number of hydrogen-bond donors (Lipinski definition) is 0. The lowest BCUT2D eigenvalue weighted by molar-refractivity contribution is 0.155. The van der Waals surface area contributed by atoms with Crippen LogP contribution in [0.25, 0.3) is 0 Å². The van der Waals surface area contributed by atoms with Gasteiger partial charge in [-0.2, -0.15) is 0 Å². The van der Waals surface area contributed by atoms with E-state index in [1.807, 2.05) is 0 Å². The smallest absolute Gasteiger partial charge is 0.0187 e. The van der Waals surface area contributed by atoms with Crippen molar-refractivity contribution in [3.05, 3.63) is 0 Å². The quantitative estimate of drug-likeness (QED) is 0.511. The summed E-state index contributed by atoms with van der Waals surface area (Å²) in [4.78, 5) is 2.65. The summed E-state index contributed by atoms with van der Waals surface area (Å²) in [6.45, 7) is 10.4. The van der Waals surface area contributed by atoms with Crippen LogP contribution in [0.2, 0.25) is 0 Å². The molecule has 1 nitrogen and oxygen atoms in total. The van der Waals surface area contributed by atoms with Crippen molar-refractivity contribution in [1.29, 1.82) is 0 Å². The number of halogens is 1. The summed E-state index contributed by atoms with van der Waals surface area (Å²) in [7, 11) is 0. The Balaban J connectivity index is 4.15. The molecule has 1 unspecified atom stereocenters. The van der Waals surface area contributed by atoms with Gasteiger partial charge in [0, 0.05) is 16.5 Å². The number of hydrogen-bond acceptors (Lipinski definition) is 1. The molecule has 0 aliphatic rings. The van der Waals surface area contributed by atoms with Crippen molar-refractivity contribution in [3.63, 3.8) is 0 Å². The van der Waals surface area contributed by atoms with Crippen molar-refractivity contribution in [1.82, 2.24) is 4.90 Å². The molecule has 0 radical (unpaired) electrons. The molecule has 0 N–H and O–H groups in total. The zero-order chi connectivity index (χ0) is 10.3. The van der Waals surface area contributed by atoms with E-state index in [4.69, 9.17) is 0 Å². The van der Waals surface area contributed by atoms with Crippen LogP contribution in [0.5, 0.6) is 0 Å². The molecule has 0 rings (SSSR count). The third-order valence-corrected chi connectivity index (χ3v) is 3.81. The Labute approximate surface area is 97.4 Å². The Morgan fingerprint density at radius 3 is 2.15 bits per heavy atom. The molecule has 0 fully saturated rings. The van der Waals surface area contributed by atoms with Gasteiger partial charge in [-0.15, -0.1) is 0 Å². The summed E-state index contributed by atoms with van der Waals surface area (Å²) in [5.74, 6) is 0. The summed E-state index contributed by atoms with van der Waals surface area (Å²) < 4.78 is 1.27. The SMILES string of the molecule is CCCC(CI)N(CC)[C@@H](C)CC. The van der Waals surface area contributed by atoms with Gasteiger partial charge in [-0.05, 0) is 26.3 Å². The molecular formula is C11H24IN. The van der Waals surface area contributed by atoms with Gasteiger partial charge in [0.15, 0.2) is 0 Å². The average Bonchev–Trinajstić information content (AvgIpc) is 2.17. The van der Waals surface area contributed by atoms with E-state index in [1.165, 1.54) is 30.2 Å². The fourth-order valence-electron chi connectivity index (χ4n) is 1.83. The normalized spacial score (nSPS) is 16.2. The van der Waals surface area contributed by atoms with Gasteiger partial charge in [0.05, 0.1) is 0 Å². The first kappa shape index (κ1) is 13.7. The lowest BCUT2D eigenvalue weighted by atomic mass is 10.1. The van der Waals surface area contributed by atoms with E-state index in [1.54, 1.807) is 0 Å². The van der Waals surface area contributed by atoms with Crippen molar-refractivity contribution in [2.75, 3.05) is 11.0 Å². The van der Waals surface area contributed by atoms with E-state index in [0.717, 1.165) is 12.1 Å². The first-order chi connectivity index (χ1) is 6.21. The Kier molecular flexibility index (Phi) is 8.46. The van der Waals surface area contributed by atoms with Crippen molar-refractivity contribution >= 4 is 22.6 Å². The minimum Gasteiger partial charge on any atom is -0.297 e. The molecule has 0 aliphatic carbocycles. The van der Waals surface area contributed by atoms with Gasteiger partial charge in [-0.3, -0.25) is 4.90 Å². The van der Waals surface area contributed by atoms with E-state index >= 15 is 0 Å². The van der Waals surface area contributed by atoms with E-state index in [0.29, 0.717) is 0 Å². The summed E-state index contributed by atoms with van der Waals surface area (Å²) in [6.07, 6.45) is 3.92. The van der Waals surface area contributed by atoms with E-state index in [9.17, 15) is 0 Å². The second-order valence-electron chi connectivity index (χ2n) is 3.68. The highest BCUT2D eigenvalue weighted by Gasteiger charge is 2.18. The highest BCUT2D eigenvalue weighted by Crippen LogP contribution is 2.15. The second-order valence-corrected chi connectivity index (χ2v) is 4.57. The molecule has 0 bridgehead atoms. The third kappa shape index (κ3) is 4.63. The van der Waals surface area contributed by atoms with Crippen molar-refractivity contribution in [2.24, 2.45) is 0 Å². The van der Waals surface area contributed by atoms with E-state index < -0.39 is 0 Å². The molecule has 0 aromatic rings. The molecule has 0 aromatic heterocycles. The Hall–Kier alpha value is 0.690. The predicted octanol–water partition coefficient (Wildman–Crippen LogP) is 3.71. The fourth-order valence-corrected chi connectivity index (χ4v) is 2.78. The zero-order valence-electron chi connectivity index (χ0n) is 9.52. The molecule has 0 amide bonds. The zero-order valence-corrected chi connectivity index (χ0v) is 11.7. The molecule has 80 valence electrons. The monoisotopic (exact) mass is 297 g/mol. The fraction of sp³-hybridized carbons (Fsp3) is 1.00. The lowest BCUT2D eigenvalue weighted by Gasteiger charge is -2.34. The molecule has 13 heavy (non-hydrogen) atoms. The van der Waals surface area contributed by atoms with Crippen LogP contribution in [0, 0.1) is 0 Å². The van der Waals surface area contributed by atoms with Crippen molar-refractivity contribution < 1.29 is 0 Å². The maximum atomic E-state index is 2.65. The molecule has 0 heterocycles. The molecule has 0 saturated heterocycles. The predicted molar refractivity (Wildman–Crippen MR) is 69.7 cm³/mol. The first-order valence-electron chi connectivity index (χ1n) is 5.52. The average molecular weight is 297 g/mol. The van der Waals surface area contributed by atoms with Gasteiger partial charge in [-0.1, -0.05) is 49.8 Å². The van der Waals surface area contributed by atoms with Crippen molar-refractivity contribution in [2.45, 2.75) is 59.0 Å². The summed E-state index contributed by atoms with van der Waals surface area (Å²) >= 11 is 2.52. The first-order valence-corrected chi connectivity index (χ1v) is 7.05. The van der Waals surface area contributed by atoms with Crippen LogP contribution in [0.15, 0.2) is 0 Å². The van der Waals surface area contributed by atoms with Crippen LogP contribution in [-0.2, 0) is 0 Å². The molecule has 0 saturated carbocycles. The van der Waals surface area contributed by atoms with Crippen LogP contribution in [0.1, 0.15) is 47.0 Å². The van der Waals surface area contributed by atoms with Gasteiger partial charge in [0.2, 0.25) is 0 Å². The maximum Gasteiger partial charge on any atom is 0.0187 e. The summed E-state index contributed by atoms with van der Waals surface area (Å²) in [5, 5.41) is 0. The standard InChI is InChI=1S/C11H24IN/c1-5-8-11(9-12)13(7-3)10(4)6-2/h10-11H,5-9H2,1-4H3/t10-,11?/m0/s1. The molecule has 0 aromatic carbocycles. The second kappa shape index (κ2) is 8.04. The van der Waals surface area contributed by atoms with Gasteiger partial charge >= 0.3 is 0 Å². The number of rotatable bonds is 7. The minimum absolute atomic E-state index is 0.747. The van der Waals surface area contributed by atoms with E-state index in [2.05, 4.69) is 55.2 Å².